The van der Waals surface area contributed by atoms with Gasteiger partial charge in [-0.1, -0.05) is 0 Å². The number of nitrogens with zero attached hydrogens (tertiary/aromatic N) is 2. The Morgan fingerprint density at radius 2 is 2.00 bits per heavy atom. The van der Waals surface area contributed by atoms with E-state index in [9.17, 15) is 19.7 Å². The Bertz CT molecular complexity index is 929. The summed E-state index contributed by atoms with van der Waals surface area (Å²) in [5.41, 5.74) is 1.08. The zero-order valence-electron chi connectivity index (χ0n) is 13.4. The van der Waals surface area contributed by atoms with Gasteiger partial charge in [-0.15, -0.1) is 0 Å². The monoisotopic (exact) mass is 461 g/mol. The van der Waals surface area contributed by atoms with Crippen molar-refractivity contribution in [2.45, 2.75) is 13.0 Å². The fourth-order valence-electron chi connectivity index (χ4n) is 2.56. The van der Waals surface area contributed by atoms with E-state index < -0.39 is 38.5 Å². The van der Waals surface area contributed by atoms with Gasteiger partial charge in [0.2, 0.25) is 0 Å². The molecule has 1 aliphatic heterocycles. The van der Waals surface area contributed by atoms with Gasteiger partial charge < -0.3 is 0 Å². The van der Waals surface area contributed by atoms with Crippen LogP contribution in [-0.4, -0.2) is 27.5 Å². The average molecular weight is 461 g/mol. The summed E-state index contributed by atoms with van der Waals surface area (Å²) in [4.78, 5) is 36.8. The summed E-state index contributed by atoms with van der Waals surface area (Å²) in [6.07, 6.45) is -0.842. The molecule has 0 spiro atoms. The first-order valence-electron chi connectivity index (χ1n) is 7.42. The fraction of sp³-hybridized carbons (Fsp3) is 0.118. The topological polar surface area (TPSA) is 89.8 Å². The van der Waals surface area contributed by atoms with Crippen LogP contribution in [0.5, 0.6) is 5.75 Å². The number of rotatable bonds is 3. The van der Waals surface area contributed by atoms with Crippen molar-refractivity contribution in [3.8, 4) is 5.75 Å². The number of para-hydroxylation sites is 1. The average Bonchev–Trinajstić information content (AvgIpc) is 2.63. The van der Waals surface area contributed by atoms with Gasteiger partial charge in [-0.2, -0.15) is 0 Å². The van der Waals surface area contributed by atoms with Gasteiger partial charge in [0.25, 0.3) is 0 Å². The van der Waals surface area contributed by atoms with Crippen LogP contribution in [0.15, 0.2) is 42.5 Å². The standard InChI is InChI=1S/C17H12N2O5.ClH.Ru/c1-10-4-3-5-14-15(10)24-11(2)16(20)18(14)17(21)12-6-8-13(9-7-12)19(22)23;;/h1,3-9,11H,2H3;1H;/q;;+1/p-1. The summed E-state index contributed by atoms with van der Waals surface area (Å²) < 4.78 is 7.50. The first-order valence-corrected chi connectivity index (χ1v) is 10.7. The van der Waals surface area contributed by atoms with Gasteiger partial charge in [0.05, 0.1) is 0 Å². The Balaban J connectivity index is 2.06. The maximum atomic E-state index is 12.9. The predicted molar refractivity (Wildman–Crippen MR) is 92.5 cm³/mol. The molecule has 0 aliphatic carbocycles. The number of ether oxygens (including phenoxy) is 1. The third-order valence-corrected chi connectivity index (χ3v) is 4.99. The SMILES string of the molecule is CC1Oc2c([CH]=[Ru][Cl])cccc2N(C(=O)c2ccc([N+](=O)[O-])cc2)C1=O. The minimum atomic E-state index is -0.842. The predicted octanol–water partition coefficient (Wildman–Crippen LogP) is 2.94. The van der Waals surface area contributed by atoms with Gasteiger partial charge in [-0.25, -0.2) is 0 Å². The van der Waals surface area contributed by atoms with Crippen LogP contribution >= 0.6 is 9.69 Å². The molecular weight excluding hydrogens is 449 g/mol. The first kappa shape index (κ1) is 18.4. The molecule has 2 aromatic carbocycles. The van der Waals surface area contributed by atoms with Crippen LogP contribution in [0.2, 0.25) is 0 Å². The number of halogens is 1. The summed E-state index contributed by atoms with van der Waals surface area (Å²) in [5, 5.41) is 10.8. The summed E-state index contributed by atoms with van der Waals surface area (Å²) in [6.45, 7) is 1.56. The minimum absolute atomic E-state index is 0.133. The van der Waals surface area contributed by atoms with Crippen LogP contribution in [0.1, 0.15) is 22.8 Å². The number of hydrogen-bond donors (Lipinski definition) is 0. The molecule has 0 bridgehead atoms. The van der Waals surface area contributed by atoms with Crippen molar-refractivity contribution < 1.29 is 34.9 Å². The van der Waals surface area contributed by atoms with Crippen molar-refractivity contribution in [3.05, 3.63) is 63.7 Å². The van der Waals surface area contributed by atoms with Crippen LogP contribution in [0.3, 0.4) is 0 Å². The molecule has 0 fully saturated rings. The summed E-state index contributed by atoms with van der Waals surface area (Å²) >= 11 is -0.514. The third kappa shape index (κ3) is 3.30. The zero-order valence-corrected chi connectivity index (χ0v) is 15.9. The fourth-order valence-corrected chi connectivity index (χ4v) is 3.65. The Hall–Kier alpha value is -2.44. The molecule has 9 heteroatoms. The van der Waals surface area contributed by atoms with E-state index >= 15 is 0 Å². The number of nitro benzene ring substituents is 1. The maximum absolute atomic E-state index is 12.9. The van der Waals surface area contributed by atoms with Crippen LogP contribution in [0.25, 0.3) is 0 Å². The van der Waals surface area contributed by atoms with Crippen LogP contribution < -0.4 is 9.64 Å². The molecule has 2 aromatic rings. The normalized spacial score (nSPS) is 16.6. The molecule has 0 N–H and O–H groups in total. The third-order valence-electron chi connectivity index (χ3n) is 3.81. The second-order valence-electron chi connectivity index (χ2n) is 5.42. The van der Waals surface area contributed by atoms with Crippen molar-refractivity contribution in [1.29, 1.82) is 0 Å². The number of amides is 2. The molecule has 0 radical (unpaired) electrons. The molecule has 135 valence electrons. The number of carbonyl (C=O) groups is 2. The van der Waals surface area contributed by atoms with Crippen LogP contribution in [-0.2, 0) is 20.5 Å². The van der Waals surface area contributed by atoms with Crippen LogP contribution in [0, 0.1) is 10.1 Å². The number of hydrogen-bond acceptors (Lipinski definition) is 5. The van der Waals surface area contributed by atoms with Gasteiger partial charge >= 0.3 is 160 Å². The van der Waals surface area contributed by atoms with Gasteiger partial charge in [0.1, 0.15) is 0 Å². The molecule has 7 nitrogen and oxygen atoms in total. The first-order chi connectivity index (χ1) is 12.4. The number of non-ortho nitro benzene ring substituents is 1. The molecule has 26 heavy (non-hydrogen) atoms. The second kappa shape index (κ2) is 7.44. The molecular formula is C17H12ClN2O5Ru. The molecule has 1 heterocycles. The van der Waals surface area contributed by atoms with Crippen molar-refractivity contribution in [3.63, 3.8) is 0 Å². The van der Waals surface area contributed by atoms with Gasteiger partial charge in [-0.05, 0) is 0 Å². The van der Waals surface area contributed by atoms with E-state index in [4.69, 9.17) is 14.4 Å². The Morgan fingerprint density at radius 3 is 2.62 bits per heavy atom. The van der Waals surface area contributed by atoms with Crippen molar-refractivity contribution in [2.24, 2.45) is 0 Å². The van der Waals surface area contributed by atoms with E-state index in [0.717, 1.165) is 10.5 Å². The zero-order chi connectivity index (χ0) is 18.8. The number of benzene rings is 2. The molecule has 2 amide bonds. The second-order valence-corrected chi connectivity index (χ2v) is 7.21. The van der Waals surface area contributed by atoms with Crippen molar-refractivity contribution in [1.82, 2.24) is 0 Å². The van der Waals surface area contributed by atoms with E-state index in [0.29, 0.717) is 11.4 Å². The Kier molecular flexibility index (Phi) is 5.25. The Morgan fingerprint density at radius 1 is 1.31 bits per heavy atom. The Labute approximate surface area is 159 Å². The van der Waals surface area contributed by atoms with Crippen LogP contribution in [0.4, 0.5) is 11.4 Å². The van der Waals surface area contributed by atoms with E-state index in [2.05, 4.69) is 0 Å². The number of imide groups is 1. The number of fused-ring (bicyclic) bond motifs is 1. The molecule has 1 atom stereocenters. The molecule has 1 aliphatic rings. The number of nitro groups is 1. The summed E-state index contributed by atoms with van der Waals surface area (Å²) in [6, 6.07) is 10.2. The molecule has 0 saturated heterocycles. The quantitative estimate of drug-likeness (QED) is 0.304. The van der Waals surface area contributed by atoms with Crippen molar-refractivity contribution in [2.75, 3.05) is 4.90 Å². The summed E-state index contributed by atoms with van der Waals surface area (Å²) in [7, 11) is 5.86. The molecule has 3 rings (SSSR count). The van der Waals surface area contributed by atoms with E-state index in [-0.39, 0.29) is 11.3 Å². The summed E-state index contributed by atoms with van der Waals surface area (Å²) in [5.74, 6) is -0.654. The van der Waals surface area contributed by atoms with E-state index in [1.807, 2.05) is 4.61 Å². The molecule has 0 aromatic heterocycles. The number of anilines is 1. The van der Waals surface area contributed by atoms with Gasteiger partial charge in [0, 0.05) is 0 Å². The van der Waals surface area contributed by atoms with E-state index in [1.165, 1.54) is 24.3 Å². The van der Waals surface area contributed by atoms with Gasteiger partial charge in [0.15, 0.2) is 0 Å². The molecule has 0 saturated carbocycles. The van der Waals surface area contributed by atoms with Gasteiger partial charge in [-0.3, -0.25) is 0 Å². The molecule has 1 unspecified atom stereocenters. The van der Waals surface area contributed by atoms with Crippen molar-refractivity contribution >= 4 is 37.5 Å². The van der Waals surface area contributed by atoms with E-state index in [1.54, 1.807) is 25.1 Å². The number of carbonyl (C=O) groups excluding carboxylic acids is 2.